The minimum atomic E-state index is -0.0577. The lowest BCUT2D eigenvalue weighted by Gasteiger charge is -2.12. The Hall–Kier alpha value is -0.940. The van der Waals surface area contributed by atoms with Crippen molar-refractivity contribution in [1.82, 2.24) is 10.6 Å². The summed E-state index contributed by atoms with van der Waals surface area (Å²) in [5.74, 6) is 0.207. The second-order valence-electron chi connectivity index (χ2n) is 5.01. The minimum absolute atomic E-state index is 0. The van der Waals surface area contributed by atoms with Gasteiger partial charge in [0.1, 0.15) is 5.78 Å². The fraction of sp³-hybridized carbons (Fsp3) is 0.867. The molecule has 1 amide bonds. The van der Waals surface area contributed by atoms with E-state index in [4.69, 9.17) is 4.74 Å². The van der Waals surface area contributed by atoms with E-state index >= 15 is 0 Å². The molecule has 0 rings (SSSR count). The molecule has 0 aromatic heterocycles. The lowest BCUT2D eigenvalue weighted by Crippen LogP contribution is -2.32. The van der Waals surface area contributed by atoms with Gasteiger partial charge in [-0.25, -0.2) is 0 Å². The van der Waals surface area contributed by atoms with Gasteiger partial charge in [0.15, 0.2) is 0 Å². The number of carbonyl (C=O) groups is 2. The molecule has 0 aliphatic carbocycles. The van der Waals surface area contributed by atoms with Gasteiger partial charge in [-0.1, -0.05) is 13.3 Å². The second-order valence-corrected chi connectivity index (χ2v) is 5.01. The molecule has 0 fully saturated rings. The van der Waals surface area contributed by atoms with Crippen molar-refractivity contribution in [2.24, 2.45) is 0 Å². The Kier molecular flexibility index (Phi) is 12.4. The first-order valence-corrected chi connectivity index (χ1v) is 7.64. The molecular weight excluding hydrogens is 256 g/mol. The molecular formula is C15H32N2O3. The molecule has 0 spiro atoms. The second kappa shape index (κ2) is 13.1. The van der Waals surface area contributed by atoms with Crippen LogP contribution in [0.1, 0.15) is 53.8 Å². The first-order chi connectivity index (χ1) is 9.61. The number of hydrogen-bond acceptors (Lipinski definition) is 4. The highest BCUT2D eigenvalue weighted by atomic mass is 16.5. The highest BCUT2D eigenvalue weighted by Crippen LogP contribution is 2.01. The molecule has 1 atom stereocenters. The predicted octanol–water partition coefficient (Wildman–Crippen LogP) is 1.90. The van der Waals surface area contributed by atoms with Crippen molar-refractivity contribution in [3.8, 4) is 0 Å². The van der Waals surface area contributed by atoms with Gasteiger partial charge in [0.05, 0.1) is 12.6 Å². The summed E-state index contributed by atoms with van der Waals surface area (Å²) in [5, 5.41) is 5.86. The maximum absolute atomic E-state index is 11.5. The summed E-state index contributed by atoms with van der Waals surface area (Å²) < 4.78 is 5.34. The standard InChI is InChI=1S/C15H30N2O3.H2/c1-4-5-11-20-12-9-15(19)17-10-7-6-8-14(16-3)13(2)18;/h14,16H,4-12H2,1-3H3,(H,17,19);1H/i;1+1. The van der Waals surface area contributed by atoms with Crippen LogP contribution in [0.3, 0.4) is 0 Å². The van der Waals surface area contributed by atoms with E-state index in [0.29, 0.717) is 19.6 Å². The van der Waals surface area contributed by atoms with Gasteiger partial charge in [-0.2, -0.15) is 0 Å². The van der Waals surface area contributed by atoms with E-state index in [1.54, 1.807) is 14.0 Å². The van der Waals surface area contributed by atoms with Crippen LogP contribution in [0, 0.1) is 0 Å². The van der Waals surface area contributed by atoms with Crippen LogP contribution < -0.4 is 10.6 Å². The van der Waals surface area contributed by atoms with Crippen LogP contribution >= 0.6 is 0 Å². The molecule has 0 heterocycles. The van der Waals surface area contributed by atoms with Crippen molar-refractivity contribution < 1.29 is 15.8 Å². The topological polar surface area (TPSA) is 67.4 Å². The Bertz CT molecular complexity index is 276. The van der Waals surface area contributed by atoms with Crippen molar-refractivity contribution in [2.45, 2.75) is 58.4 Å². The normalized spacial score (nSPS) is 12.2. The summed E-state index contributed by atoms with van der Waals surface area (Å²) in [6.07, 6.45) is 5.23. The van der Waals surface area contributed by atoms with Crippen LogP contribution in [0.5, 0.6) is 0 Å². The van der Waals surface area contributed by atoms with Crippen molar-refractivity contribution in [2.75, 3.05) is 26.8 Å². The van der Waals surface area contributed by atoms with E-state index in [1.165, 1.54) is 0 Å². The quantitative estimate of drug-likeness (QED) is 0.508. The Labute approximate surface area is 124 Å². The van der Waals surface area contributed by atoms with E-state index < -0.39 is 0 Å². The molecule has 0 aromatic carbocycles. The van der Waals surface area contributed by atoms with Crippen LogP contribution in [-0.4, -0.2) is 44.5 Å². The molecule has 20 heavy (non-hydrogen) atoms. The zero-order chi connectivity index (χ0) is 15.2. The molecule has 0 aliphatic heterocycles. The molecule has 1 unspecified atom stereocenters. The fourth-order valence-corrected chi connectivity index (χ4v) is 1.85. The van der Waals surface area contributed by atoms with Crippen LogP contribution in [0.15, 0.2) is 0 Å². The van der Waals surface area contributed by atoms with Crippen LogP contribution in [0.25, 0.3) is 0 Å². The Morgan fingerprint density at radius 2 is 1.95 bits per heavy atom. The van der Waals surface area contributed by atoms with E-state index in [0.717, 1.165) is 38.7 Å². The molecule has 0 aromatic rings. The number of amides is 1. The zero-order valence-electron chi connectivity index (χ0n) is 13.2. The highest BCUT2D eigenvalue weighted by Gasteiger charge is 2.10. The van der Waals surface area contributed by atoms with Gasteiger partial charge >= 0.3 is 0 Å². The third-order valence-corrected chi connectivity index (χ3v) is 3.20. The van der Waals surface area contributed by atoms with E-state index in [9.17, 15) is 9.59 Å². The maximum atomic E-state index is 11.5. The largest absolute Gasteiger partial charge is 0.381 e. The number of ketones is 1. The monoisotopic (exact) mass is 289 g/mol. The van der Waals surface area contributed by atoms with Crippen LogP contribution in [0.2, 0.25) is 0 Å². The van der Waals surface area contributed by atoms with Crippen LogP contribution in [-0.2, 0) is 14.3 Å². The zero-order valence-corrected chi connectivity index (χ0v) is 13.2. The van der Waals surface area contributed by atoms with E-state index in [2.05, 4.69) is 17.6 Å². The summed E-state index contributed by atoms with van der Waals surface area (Å²) in [6, 6.07) is -0.0577. The average Bonchev–Trinajstić information content (AvgIpc) is 2.42. The van der Waals surface area contributed by atoms with Gasteiger partial charge in [-0.3, -0.25) is 9.59 Å². The minimum Gasteiger partial charge on any atom is -0.381 e. The average molecular weight is 289 g/mol. The van der Waals surface area contributed by atoms with Gasteiger partial charge in [0.25, 0.3) is 0 Å². The molecule has 0 saturated heterocycles. The molecule has 120 valence electrons. The maximum Gasteiger partial charge on any atom is 0.222 e. The molecule has 0 radical (unpaired) electrons. The predicted molar refractivity (Wildman–Crippen MR) is 82.8 cm³/mol. The first kappa shape index (κ1) is 19.1. The van der Waals surface area contributed by atoms with Gasteiger partial charge < -0.3 is 15.4 Å². The Morgan fingerprint density at radius 3 is 2.55 bits per heavy atom. The van der Waals surface area contributed by atoms with Gasteiger partial charge in [-0.05, 0) is 39.7 Å². The number of likely N-dealkylation sites (N-methyl/N-ethyl adjacent to an activating group) is 1. The number of hydrogen-bond donors (Lipinski definition) is 2. The smallest absolute Gasteiger partial charge is 0.222 e. The number of unbranched alkanes of at least 4 members (excludes halogenated alkanes) is 2. The lowest BCUT2D eigenvalue weighted by molar-refractivity contribution is -0.122. The van der Waals surface area contributed by atoms with Crippen LogP contribution in [0.4, 0.5) is 0 Å². The Morgan fingerprint density at radius 1 is 1.20 bits per heavy atom. The number of carbonyl (C=O) groups excluding carboxylic acids is 2. The molecule has 0 bridgehead atoms. The highest BCUT2D eigenvalue weighted by molar-refractivity contribution is 5.81. The molecule has 5 heteroatoms. The first-order valence-electron chi connectivity index (χ1n) is 7.64. The molecule has 5 nitrogen and oxygen atoms in total. The molecule has 2 N–H and O–H groups in total. The van der Waals surface area contributed by atoms with E-state index in [-0.39, 0.29) is 19.2 Å². The third-order valence-electron chi connectivity index (χ3n) is 3.20. The Balaban J connectivity index is 0. The third kappa shape index (κ3) is 10.9. The summed E-state index contributed by atoms with van der Waals surface area (Å²) >= 11 is 0. The summed E-state index contributed by atoms with van der Waals surface area (Å²) in [4.78, 5) is 22.7. The van der Waals surface area contributed by atoms with Crippen molar-refractivity contribution in [3.05, 3.63) is 0 Å². The van der Waals surface area contributed by atoms with Crippen molar-refractivity contribution >= 4 is 11.7 Å². The van der Waals surface area contributed by atoms with E-state index in [1.807, 2.05) is 0 Å². The number of rotatable bonds is 13. The van der Waals surface area contributed by atoms with Crippen molar-refractivity contribution in [3.63, 3.8) is 0 Å². The SMILES string of the molecule is CCCCOCCC(=O)NCCCCC(NC)C(C)=O.[2HH]. The molecule has 0 saturated carbocycles. The molecule has 0 aliphatic rings. The number of Topliss-reactive ketones (excluding diaryl/α,β-unsaturated/α-hetero) is 1. The summed E-state index contributed by atoms with van der Waals surface area (Å²) in [6.45, 7) is 5.61. The van der Waals surface area contributed by atoms with Gasteiger partial charge in [0.2, 0.25) is 5.91 Å². The summed E-state index contributed by atoms with van der Waals surface area (Å²) in [7, 11) is 1.80. The van der Waals surface area contributed by atoms with Crippen molar-refractivity contribution in [1.29, 1.82) is 0 Å². The fourth-order valence-electron chi connectivity index (χ4n) is 1.85. The van der Waals surface area contributed by atoms with Gasteiger partial charge in [-0.15, -0.1) is 0 Å². The number of nitrogens with one attached hydrogen (secondary N) is 2. The number of ether oxygens (including phenoxy) is 1. The lowest BCUT2D eigenvalue weighted by atomic mass is 10.1. The van der Waals surface area contributed by atoms with Gasteiger partial charge in [0, 0.05) is 21.0 Å². The summed E-state index contributed by atoms with van der Waals surface area (Å²) in [5.41, 5.74) is 0.